The number of carbonyl (C=O) groups is 1. The Morgan fingerprint density at radius 1 is 1.10 bits per heavy atom. The minimum Gasteiger partial charge on any atom is -0.462 e. The summed E-state index contributed by atoms with van der Waals surface area (Å²) in [7, 11) is 0. The molecule has 1 fully saturated rings. The van der Waals surface area contributed by atoms with Crippen molar-refractivity contribution < 1.29 is 9.53 Å². The number of amides is 1. The van der Waals surface area contributed by atoms with Crippen LogP contribution in [0.5, 0.6) is 5.75 Å². The van der Waals surface area contributed by atoms with Crippen LogP contribution in [0.3, 0.4) is 0 Å². The molecule has 4 nitrogen and oxygen atoms in total. The van der Waals surface area contributed by atoms with Gasteiger partial charge in [0, 0.05) is 45.2 Å². The van der Waals surface area contributed by atoms with E-state index in [4.69, 9.17) is 4.74 Å². The molecule has 0 bridgehead atoms. The van der Waals surface area contributed by atoms with Crippen LogP contribution < -0.4 is 9.64 Å². The molecule has 0 aromatic heterocycles. The summed E-state index contributed by atoms with van der Waals surface area (Å²) in [4.78, 5) is 15.5. The van der Waals surface area contributed by atoms with Crippen molar-refractivity contribution in [3.8, 4) is 5.75 Å². The molecular weight excluding hydrogens is 264 g/mol. The van der Waals surface area contributed by atoms with Gasteiger partial charge in [-0.2, -0.15) is 0 Å². The molecule has 1 aromatic carbocycles. The Morgan fingerprint density at radius 2 is 1.81 bits per heavy atom. The number of anilines is 1. The lowest BCUT2D eigenvalue weighted by Crippen LogP contribution is -2.33. The van der Waals surface area contributed by atoms with E-state index in [0.29, 0.717) is 6.54 Å². The van der Waals surface area contributed by atoms with Crippen LogP contribution in [0, 0.1) is 0 Å². The van der Waals surface area contributed by atoms with Gasteiger partial charge >= 0.3 is 0 Å². The molecule has 2 heterocycles. The summed E-state index contributed by atoms with van der Waals surface area (Å²) in [5, 5.41) is 0. The van der Waals surface area contributed by atoms with Gasteiger partial charge in [0.05, 0.1) is 0 Å². The summed E-state index contributed by atoms with van der Waals surface area (Å²) in [5.41, 5.74) is 1.28. The number of rotatable bonds is 3. The van der Waals surface area contributed by atoms with Crippen LogP contribution in [0.2, 0.25) is 0 Å². The maximum atomic E-state index is 11.3. The quantitative estimate of drug-likeness (QED) is 0.856. The standard InChI is InChI=1S/C17H22N2O2/c1-14(20)18-12-8-17(9-13-18)21-16-6-4-15(5-7-16)19-10-2-3-11-19/h4-8H,2-3,9-13H2,1H3. The predicted molar refractivity (Wildman–Crippen MR) is 83.5 cm³/mol. The highest BCUT2D eigenvalue weighted by molar-refractivity contribution is 5.73. The van der Waals surface area contributed by atoms with Crippen LogP contribution in [0.25, 0.3) is 0 Å². The fourth-order valence-electron chi connectivity index (χ4n) is 2.88. The normalized spacial score (nSPS) is 18.6. The number of hydrogen-bond donors (Lipinski definition) is 0. The molecule has 0 unspecified atom stereocenters. The van der Waals surface area contributed by atoms with E-state index in [9.17, 15) is 4.79 Å². The van der Waals surface area contributed by atoms with Crippen molar-refractivity contribution in [3.63, 3.8) is 0 Å². The highest BCUT2D eigenvalue weighted by Crippen LogP contribution is 2.25. The van der Waals surface area contributed by atoms with Crippen molar-refractivity contribution in [2.75, 3.05) is 31.1 Å². The first-order valence-electron chi connectivity index (χ1n) is 7.70. The van der Waals surface area contributed by atoms with Crippen molar-refractivity contribution in [2.24, 2.45) is 0 Å². The number of carbonyl (C=O) groups excluding carboxylic acids is 1. The molecule has 0 aliphatic carbocycles. The van der Waals surface area contributed by atoms with Crippen LogP contribution in [0.4, 0.5) is 5.69 Å². The first-order chi connectivity index (χ1) is 10.2. The van der Waals surface area contributed by atoms with Crippen molar-refractivity contribution >= 4 is 11.6 Å². The van der Waals surface area contributed by atoms with Gasteiger partial charge in [0.1, 0.15) is 11.5 Å². The average Bonchev–Trinajstić information content (AvgIpc) is 3.03. The Bertz CT molecular complexity index is 530. The molecule has 1 amide bonds. The zero-order valence-corrected chi connectivity index (χ0v) is 12.5. The Hall–Kier alpha value is -1.97. The van der Waals surface area contributed by atoms with E-state index in [1.807, 2.05) is 23.1 Å². The summed E-state index contributed by atoms with van der Waals surface area (Å²) in [6.07, 6.45) is 5.36. The molecule has 21 heavy (non-hydrogen) atoms. The van der Waals surface area contributed by atoms with E-state index < -0.39 is 0 Å². The molecule has 0 atom stereocenters. The van der Waals surface area contributed by atoms with Crippen molar-refractivity contribution in [1.29, 1.82) is 0 Å². The second-order valence-corrected chi connectivity index (χ2v) is 5.68. The molecule has 2 aliphatic heterocycles. The third-order valence-electron chi connectivity index (χ3n) is 4.17. The molecule has 2 aliphatic rings. The molecule has 0 spiro atoms. The molecule has 112 valence electrons. The summed E-state index contributed by atoms with van der Waals surface area (Å²) >= 11 is 0. The van der Waals surface area contributed by atoms with Gasteiger partial charge in [-0.15, -0.1) is 0 Å². The Morgan fingerprint density at radius 3 is 2.38 bits per heavy atom. The first kappa shape index (κ1) is 14.0. The third kappa shape index (κ3) is 3.38. The average molecular weight is 286 g/mol. The largest absolute Gasteiger partial charge is 0.462 e. The fourth-order valence-corrected chi connectivity index (χ4v) is 2.88. The lowest BCUT2D eigenvalue weighted by Gasteiger charge is -2.25. The van der Waals surface area contributed by atoms with Crippen LogP contribution in [-0.2, 0) is 4.79 Å². The Kier molecular flexibility index (Phi) is 4.13. The van der Waals surface area contributed by atoms with Gasteiger partial charge in [0.15, 0.2) is 0 Å². The summed E-state index contributed by atoms with van der Waals surface area (Å²) in [5.74, 6) is 1.96. The first-order valence-corrected chi connectivity index (χ1v) is 7.70. The Labute approximate surface area is 126 Å². The lowest BCUT2D eigenvalue weighted by molar-refractivity contribution is -0.128. The molecule has 1 saturated heterocycles. The number of ether oxygens (including phenoxy) is 1. The third-order valence-corrected chi connectivity index (χ3v) is 4.17. The SMILES string of the molecule is CC(=O)N1CC=C(Oc2ccc(N3CCCC3)cc2)CC1. The molecule has 0 radical (unpaired) electrons. The van der Waals surface area contributed by atoms with Crippen LogP contribution in [-0.4, -0.2) is 37.0 Å². The minimum atomic E-state index is 0.125. The molecular formula is C17H22N2O2. The summed E-state index contributed by atoms with van der Waals surface area (Å²) in [6, 6.07) is 8.33. The van der Waals surface area contributed by atoms with Gasteiger partial charge in [0.2, 0.25) is 5.91 Å². The maximum absolute atomic E-state index is 11.3. The molecule has 0 N–H and O–H groups in total. The summed E-state index contributed by atoms with van der Waals surface area (Å²) < 4.78 is 5.91. The minimum absolute atomic E-state index is 0.125. The van der Waals surface area contributed by atoms with E-state index in [2.05, 4.69) is 17.0 Å². The number of hydrogen-bond acceptors (Lipinski definition) is 3. The molecule has 0 saturated carbocycles. The van der Waals surface area contributed by atoms with Crippen molar-refractivity contribution in [2.45, 2.75) is 26.2 Å². The van der Waals surface area contributed by atoms with Gasteiger partial charge < -0.3 is 14.5 Å². The predicted octanol–water partition coefficient (Wildman–Crippen LogP) is 2.80. The van der Waals surface area contributed by atoms with Crippen LogP contribution in [0.15, 0.2) is 36.1 Å². The van der Waals surface area contributed by atoms with Crippen molar-refractivity contribution in [1.82, 2.24) is 4.90 Å². The van der Waals surface area contributed by atoms with Crippen LogP contribution >= 0.6 is 0 Å². The smallest absolute Gasteiger partial charge is 0.219 e. The van der Waals surface area contributed by atoms with E-state index in [-0.39, 0.29) is 5.91 Å². The highest BCUT2D eigenvalue weighted by atomic mass is 16.5. The van der Waals surface area contributed by atoms with E-state index in [1.54, 1.807) is 6.92 Å². The van der Waals surface area contributed by atoms with Gasteiger partial charge in [-0.3, -0.25) is 4.79 Å². The van der Waals surface area contributed by atoms with Crippen molar-refractivity contribution in [3.05, 3.63) is 36.1 Å². The fraction of sp³-hybridized carbons (Fsp3) is 0.471. The van der Waals surface area contributed by atoms with E-state index >= 15 is 0 Å². The lowest BCUT2D eigenvalue weighted by atomic mass is 10.2. The Balaban J connectivity index is 1.59. The molecule has 1 aromatic rings. The van der Waals surface area contributed by atoms with Gasteiger partial charge in [-0.05, 0) is 43.2 Å². The second-order valence-electron chi connectivity index (χ2n) is 5.68. The van der Waals surface area contributed by atoms with Gasteiger partial charge in [-0.25, -0.2) is 0 Å². The molecule has 4 heteroatoms. The zero-order chi connectivity index (χ0) is 14.7. The van der Waals surface area contributed by atoms with Crippen LogP contribution in [0.1, 0.15) is 26.2 Å². The zero-order valence-electron chi connectivity index (χ0n) is 12.5. The highest BCUT2D eigenvalue weighted by Gasteiger charge is 2.15. The molecule has 3 rings (SSSR count). The number of benzene rings is 1. The topological polar surface area (TPSA) is 32.8 Å². The van der Waals surface area contributed by atoms with E-state index in [1.165, 1.54) is 18.5 Å². The number of nitrogens with zero attached hydrogens (tertiary/aromatic N) is 2. The van der Waals surface area contributed by atoms with Gasteiger partial charge in [-0.1, -0.05) is 0 Å². The van der Waals surface area contributed by atoms with E-state index in [0.717, 1.165) is 37.6 Å². The second kappa shape index (κ2) is 6.20. The monoisotopic (exact) mass is 286 g/mol. The van der Waals surface area contributed by atoms with Gasteiger partial charge in [0.25, 0.3) is 0 Å². The maximum Gasteiger partial charge on any atom is 0.219 e. The summed E-state index contributed by atoms with van der Waals surface area (Å²) in [6.45, 7) is 5.32.